The molecule has 0 aromatic carbocycles. The van der Waals surface area contributed by atoms with Crippen LogP contribution in [0.25, 0.3) is 0 Å². The number of nitrogen functional groups attached to an aromatic ring is 1. The number of amides is 1. The van der Waals surface area contributed by atoms with Crippen LogP contribution in [0, 0.1) is 13.8 Å². The minimum atomic E-state index is -0.0457. The summed E-state index contributed by atoms with van der Waals surface area (Å²) >= 11 is 0. The maximum Gasteiger partial charge on any atom is 0.241 e. The Balaban J connectivity index is 2.73. The van der Waals surface area contributed by atoms with Crippen LogP contribution in [0.3, 0.4) is 0 Å². The molecular weight excluding hydrogens is 192 g/mol. The molecule has 0 aliphatic heterocycles. The first-order valence-electron chi connectivity index (χ1n) is 5.00. The Morgan fingerprint density at radius 2 is 2.13 bits per heavy atom. The van der Waals surface area contributed by atoms with Crippen LogP contribution in [0.4, 0.5) is 5.69 Å². The monoisotopic (exact) mass is 210 g/mol. The fourth-order valence-corrected chi connectivity index (χ4v) is 1.37. The van der Waals surface area contributed by atoms with Crippen molar-refractivity contribution in [3.63, 3.8) is 0 Å². The maximum atomic E-state index is 11.5. The van der Waals surface area contributed by atoms with E-state index in [2.05, 4.69) is 10.4 Å². The molecule has 84 valence electrons. The molecule has 0 saturated carbocycles. The van der Waals surface area contributed by atoms with Gasteiger partial charge in [0.1, 0.15) is 6.54 Å². The zero-order valence-electron chi connectivity index (χ0n) is 9.66. The second kappa shape index (κ2) is 4.33. The summed E-state index contributed by atoms with van der Waals surface area (Å²) in [6.45, 7) is 7.76. The highest BCUT2D eigenvalue weighted by Crippen LogP contribution is 2.14. The predicted octanol–water partition coefficient (Wildman–Crippen LogP) is 0.607. The highest BCUT2D eigenvalue weighted by atomic mass is 16.2. The van der Waals surface area contributed by atoms with E-state index in [0.717, 1.165) is 11.4 Å². The van der Waals surface area contributed by atoms with Gasteiger partial charge in [0, 0.05) is 6.04 Å². The second-order valence-electron chi connectivity index (χ2n) is 3.96. The van der Waals surface area contributed by atoms with Crippen molar-refractivity contribution < 1.29 is 4.79 Å². The number of nitrogens with one attached hydrogen (secondary N) is 1. The molecule has 0 unspecified atom stereocenters. The number of anilines is 1. The third kappa shape index (κ3) is 2.71. The Hall–Kier alpha value is -1.52. The topological polar surface area (TPSA) is 72.9 Å². The average molecular weight is 210 g/mol. The van der Waals surface area contributed by atoms with Gasteiger partial charge in [-0.2, -0.15) is 5.10 Å². The highest BCUT2D eigenvalue weighted by molar-refractivity contribution is 5.76. The number of nitrogens with zero attached hydrogens (tertiary/aromatic N) is 2. The molecule has 15 heavy (non-hydrogen) atoms. The Morgan fingerprint density at radius 3 is 2.53 bits per heavy atom. The summed E-state index contributed by atoms with van der Waals surface area (Å²) in [5, 5.41) is 6.99. The lowest BCUT2D eigenvalue weighted by Crippen LogP contribution is -2.33. The fraction of sp³-hybridized carbons (Fsp3) is 0.600. The van der Waals surface area contributed by atoms with Crippen molar-refractivity contribution in [3.8, 4) is 0 Å². The van der Waals surface area contributed by atoms with E-state index >= 15 is 0 Å². The molecule has 1 rings (SSSR count). The Morgan fingerprint density at radius 1 is 1.53 bits per heavy atom. The summed E-state index contributed by atoms with van der Waals surface area (Å²) in [6, 6.07) is 0.145. The van der Waals surface area contributed by atoms with E-state index in [1.54, 1.807) is 4.68 Å². The first kappa shape index (κ1) is 11.6. The molecule has 0 atom stereocenters. The zero-order valence-corrected chi connectivity index (χ0v) is 9.66. The van der Waals surface area contributed by atoms with Crippen LogP contribution in [0.5, 0.6) is 0 Å². The molecule has 0 aliphatic carbocycles. The molecule has 0 bridgehead atoms. The molecule has 0 aliphatic rings. The molecule has 1 amide bonds. The maximum absolute atomic E-state index is 11.5. The van der Waals surface area contributed by atoms with Crippen LogP contribution in [-0.2, 0) is 11.3 Å². The first-order chi connectivity index (χ1) is 6.91. The summed E-state index contributed by atoms with van der Waals surface area (Å²) in [6.07, 6.45) is 0. The predicted molar refractivity (Wildman–Crippen MR) is 59.4 cm³/mol. The number of carbonyl (C=O) groups excluding carboxylic acids is 1. The smallest absolute Gasteiger partial charge is 0.241 e. The van der Waals surface area contributed by atoms with Gasteiger partial charge in [0.05, 0.1) is 17.1 Å². The van der Waals surface area contributed by atoms with Crippen molar-refractivity contribution >= 4 is 11.6 Å². The van der Waals surface area contributed by atoms with E-state index in [1.807, 2.05) is 27.7 Å². The third-order valence-corrected chi connectivity index (χ3v) is 2.18. The number of hydrogen-bond acceptors (Lipinski definition) is 3. The van der Waals surface area contributed by atoms with E-state index in [4.69, 9.17) is 5.73 Å². The summed E-state index contributed by atoms with van der Waals surface area (Å²) in [5.41, 5.74) is 8.03. The summed E-state index contributed by atoms with van der Waals surface area (Å²) in [7, 11) is 0. The molecule has 1 aromatic rings. The molecule has 5 heteroatoms. The SMILES string of the molecule is Cc1nn(CC(=O)NC(C)C)c(C)c1N. The van der Waals surface area contributed by atoms with E-state index < -0.39 is 0 Å². The Labute approximate surface area is 89.6 Å². The third-order valence-electron chi connectivity index (χ3n) is 2.18. The fourth-order valence-electron chi connectivity index (χ4n) is 1.37. The van der Waals surface area contributed by atoms with Crippen molar-refractivity contribution in [2.24, 2.45) is 0 Å². The van der Waals surface area contributed by atoms with Gasteiger partial charge in [-0.1, -0.05) is 0 Å². The quantitative estimate of drug-likeness (QED) is 0.767. The van der Waals surface area contributed by atoms with E-state index in [0.29, 0.717) is 5.69 Å². The van der Waals surface area contributed by atoms with Gasteiger partial charge >= 0.3 is 0 Å². The van der Waals surface area contributed by atoms with Crippen molar-refractivity contribution in [3.05, 3.63) is 11.4 Å². The average Bonchev–Trinajstić information content (AvgIpc) is 2.32. The van der Waals surface area contributed by atoms with Crippen LogP contribution < -0.4 is 11.1 Å². The molecule has 0 saturated heterocycles. The largest absolute Gasteiger partial charge is 0.396 e. The van der Waals surface area contributed by atoms with Gasteiger partial charge < -0.3 is 11.1 Å². The van der Waals surface area contributed by atoms with Gasteiger partial charge in [0.2, 0.25) is 5.91 Å². The van der Waals surface area contributed by atoms with Crippen molar-refractivity contribution in [1.82, 2.24) is 15.1 Å². The summed E-state index contributed by atoms with van der Waals surface area (Å²) in [4.78, 5) is 11.5. The molecule has 0 fully saturated rings. The van der Waals surface area contributed by atoms with Gasteiger partial charge in [-0.3, -0.25) is 9.48 Å². The lowest BCUT2D eigenvalue weighted by atomic mass is 10.3. The number of aromatic nitrogens is 2. The van der Waals surface area contributed by atoms with Crippen LogP contribution in [0.15, 0.2) is 0 Å². The summed E-state index contributed by atoms with van der Waals surface area (Å²) < 4.78 is 1.63. The number of rotatable bonds is 3. The summed E-state index contributed by atoms with van der Waals surface area (Å²) in [5.74, 6) is -0.0457. The standard InChI is InChI=1S/C10H18N4O/c1-6(2)12-9(15)5-14-8(4)10(11)7(3)13-14/h6H,5,11H2,1-4H3,(H,12,15). The van der Waals surface area contributed by atoms with Gasteiger partial charge in [0.15, 0.2) is 0 Å². The molecule has 1 aromatic heterocycles. The second-order valence-corrected chi connectivity index (χ2v) is 3.96. The number of hydrogen-bond donors (Lipinski definition) is 2. The van der Waals surface area contributed by atoms with Gasteiger partial charge in [-0.25, -0.2) is 0 Å². The lowest BCUT2D eigenvalue weighted by Gasteiger charge is -2.09. The number of aryl methyl sites for hydroxylation is 1. The lowest BCUT2D eigenvalue weighted by molar-refractivity contribution is -0.122. The molecule has 1 heterocycles. The van der Waals surface area contributed by atoms with E-state index in [1.165, 1.54) is 0 Å². The van der Waals surface area contributed by atoms with Crippen molar-refractivity contribution in [1.29, 1.82) is 0 Å². The number of nitrogens with two attached hydrogens (primary N) is 1. The molecular formula is C10H18N4O. The minimum Gasteiger partial charge on any atom is -0.396 e. The minimum absolute atomic E-state index is 0.0457. The Bertz CT molecular complexity index is 368. The molecule has 0 spiro atoms. The van der Waals surface area contributed by atoms with Crippen LogP contribution in [0.1, 0.15) is 25.2 Å². The normalized spacial score (nSPS) is 10.7. The van der Waals surface area contributed by atoms with E-state index in [-0.39, 0.29) is 18.5 Å². The van der Waals surface area contributed by atoms with Crippen LogP contribution >= 0.6 is 0 Å². The van der Waals surface area contributed by atoms with Crippen molar-refractivity contribution in [2.45, 2.75) is 40.3 Å². The van der Waals surface area contributed by atoms with Gasteiger partial charge in [-0.05, 0) is 27.7 Å². The number of carbonyl (C=O) groups is 1. The van der Waals surface area contributed by atoms with Gasteiger partial charge in [-0.15, -0.1) is 0 Å². The highest BCUT2D eigenvalue weighted by Gasteiger charge is 2.11. The van der Waals surface area contributed by atoms with Crippen LogP contribution in [0.2, 0.25) is 0 Å². The molecule has 3 N–H and O–H groups in total. The molecule has 0 radical (unpaired) electrons. The first-order valence-corrected chi connectivity index (χ1v) is 5.00. The van der Waals surface area contributed by atoms with E-state index in [9.17, 15) is 4.79 Å². The van der Waals surface area contributed by atoms with Gasteiger partial charge in [0.25, 0.3) is 0 Å². The molecule has 5 nitrogen and oxygen atoms in total. The Kier molecular flexibility index (Phi) is 3.34. The van der Waals surface area contributed by atoms with Crippen molar-refractivity contribution in [2.75, 3.05) is 5.73 Å². The van der Waals surface area contributed by atoms with Crippen LogP contribution in [-0.4, -0.2) is 21.7 Å². The zero-order chi connectivity index (χ0) is 11.6.